The number of carbonyl (C=O) groups excluding carboxylic acids is 2. The number of ether oxygens (including phenoxy) is 2. The maximum Gasteiger partial charge on any atom is 0.255 e. The predicted octanol–water partition coefficient (Wildman–Crippen LogP) is 2.15. The molecule has 1 fully saturated rings. The molecule has 1 aliphatic carbocycles. The molecular weight excluding hydrogens is 410 g/mol. The third-order valence-electron chi connectivity index (χ3n) is 5.57. The van der Waals surface area contributed by atoms with Crippen molar-refractivity contribution in [1.82, 2.24) is 15.3 Å². The number of hydrogen-bond donors (Lipinski definition) is 1. The number of hydrogen-bond acceptors (Lipinski definition) is 6. The van der Waals surface area contributed by atoms with E-state index in [1.54, 1.807) is 12.3 Å². The molecule has 2 amide bonds. The van der Waals surface area contributed by atoms with Crippen LogP contribution in [-0.2, 0) is 28.1 Å². The van der Waals surface area contributed by atoms with Gasteiger partial charge in [0.05, 0.1) is 38.4 Å². The van der Waals surface area contributed by atoms with Gasteiger partial charge in [0.2, 0.25) is 23.4 Å². The standard InChI is InChI=1S/C21H20F2N4O4/c1-4-14(28)25-9-12-7-13-11(8-24-12)10-27(20(29)21(13)5-6-21)17-15(22)18(30-2)26-19(31-3)16(17)23/h4,7-8H,1,5-6,9-10H2,2-3H3,(H,25,28). The zero-order valence-electron chi connectivity index (χ0n) is 17.0. The minimum absolute atomic E-state index is 0.0770. The molecule has 1 aliphatic heterocycles. The van der Waals surface area contributed by atoms with Crippen molar-refractivity contribution in [2.45, 2.75) is 31.3 Å². The lowest BCUT2D eigenvalue weighted by molar-refractivity contribution is -0.121. The van der Waals surface area contributed by atoms with Crippen LogP contribution >= 0.6 is 0 Å². The van der Waals surface area contributed by atoms with Crippen LogP contribution in [0.4, 0.5) is 14.5 Å². The van der Waals surface area contributed by atoms with Gasteiger partial charge in [-0.15, -0.1) is 0 Å². The van der Waals surface area contributed by atoms with Crippen LogP contribution in [0.3, 0.4) is 0 Å². The summed E-state index contributed by atoms with van der Waals surface area (Å²) in [5.74, 6) is -3.85. The number of halogens is 2. The van der Waals surface area contributed by atoms with Gasteiger partial charge < -0.3 is 19.7 Å². The zero-order chi connectivity index (χ0) is 22.3. The number of anilines is 1. The fourth-order valence-electron chi connectivity index (χ4n) is 3.85. The van der Waals surface area contributed by atoms with E-state index in [0.29, 0.717) is 24.1 Å². The Labute approximate surface area is 176 Å². The number of nitrogens with zero attached hydrogens (tertiary/aromatic N) is 3. The molecule has 8 nitrogen and oxygen atoms in total. The first kappa shape index (κ1) is 20.7. The van der Waals surface area contributed by atoms with Crippen molar-refractivity contribution in [2.24, 2.45) is 0 Å². The van der Waals surface area contributed by atoms with Crippen LogP contribution in [0.1, 0.15) is 29.7 Å². The molecule has 2 aromatic heterocycles. The van der Waals surface area contributed by atoms with Gasteiger partial charge in [0, 0.05) is 6.20 Å². The largest absolute Gasteiger partial charge is 0.479 e. The van der Waals surface area contributed by atoms with E-state index in [-0.39, 0.29) is 19.0 Å². The summed E-state index contributed by atoms with van der Waals surface area (Å²) in [5, 5.41) is 2.64. The Balaban J connectivity index is 1.76. The van der Waals surface area contributed by atoms with Crippen molar-refractivity contribution in [1.29, 1.82) is 0 Å². The molecule has 1 spiro atoms. The van der Waals surface area contributed by atoms with Gasteiger partial charge in [0.15, 0.2) is 0 Å². The second-order valence-electron chi connectivity index (χ2n) is 7.34. The van der Waals surface area contributed by atoms with E-state index in [1.807, 2.05) is 0 Å². The molecule has 2 aromatic rings. The fourth-order valence-corrected chi connectivity index (χ4v) is 3.85. The Morgan fingerprint density at radius 1 is 1.29 bits per heavy atom. The lowest BCUT2D eigenvalue weighted by Gasteiger charge is -2.35. The molecule has 0 radical (unpaired) electrons. The van der Waals surface area contributed by atoms with E-state index in [0.717, 1.165) is 16.5 Å². The van der Waals surface area contributed by atoms with E-state index in [1.165, 1.54) is 14.2 Å². The predicted molar refractivity (Wildman–Crippen MR) is 106 cm³/mol. The molecule has 10 heteroatoms. The topological polar surface area (TPSA) is 93.7 Å². The lowest BCUT2D eigenvalue weighted by Crippen LogP contribution is -2.45. The highest BCUT2D eigenvalue weighted by Gasteiger charge is 2.57. The van der Waals surface area contributed by atoms with Gasteiger partial charge in [0.1, 0.15) is 5.69 Å². The molecule has 0 saturated heterocycles. The molecule has 31 heavy (non-hydrogen) atoms. The molecule has 3 heterocycles. The van der Waals surface area contributed by atoms with Crippen LogP contribution in [-0.4, -0.2) is 36.0 Å². The highest BCUT2D eigenvalue weighted by Crippen LogP contribution is 2.54. The quantitative estimate of drug-likeness (QED) is 0.706. The summed E-state index contributed by atoms with van der Waals surface area (Å²) >= 11 is 0. The number of rotatable bonds is 6. The summed E-state index contributed by atoms with van der Waals surface area (Å²) in [5.41, 5.74) is 0.569. The van der Waals surface area contributed by atoms with Crippen LogP contribution in [0, 0.1) is 11.6 Å². The summed E-state index contributed by atoms with van der Waals surface area (Å²) in [6, 6.07) is 1.77. The van der Waals surface area contributed by atoms with Crippen LogP contribution in [0.5, 0.6) is 11.8 Å². The molecule has 1 saturated carbocycles. The van der Waals surface area contributed by atoms with Crippen molar-refractivity contribution in [3.05, 3.63) is 53.4 Å². The Kier molecular flexibility index (Phi) is 5.08. The van der Waals surface area contributed by atoms with Crippen molar-refractivity contribution in [3.8, 4) is 11.8 Å². The van der Waals surface area contributed by atoms with Crippen LogP contribution in [0.2, 0.25) is 0 Å². The van der Waals surface area contributed by atoms with Crippen LogP contribution in [0.15, 0.2) is 24.9 Å². The third kappa shape index (κ3) is 3.28. The summed E-state index contributed by atoms with van der Waals surface area (Å²) in [6.07, 6.45) is 3.80. The molecule has 2 aliphatic rings. The summed E-state index contributed by atoms with van der Waals surface area (Å²) < 4.78 is 39.8. The van der Waals surface area contributed by atoms with E-state index < -0.39 is 40.4 Å². The van der Waals surface area contributed by atoms with Crippen LogP contribution < -0.4 is 19.7 Å². The minimum Gasteiger partial charge on any atom is -0.479 e. The molecule has 0 unspecified atom stereocenters. The van der Waals surface area contributed by atoms with E-state index >= 15 is 0 Å². The van der Waals surface area contributed by atoms with Gasteiger partial charge in [-0.2, -0.15) is 13.8 Å². The maximum absolute atomic E-state index is 15.0. The molecule has 0 atom stereocenters. The molecular formula is C21H20F2N4O4. The van der Waals surface area contributed by atoms with E-state index in [9.17, 15) is 18.4 Å². The van der Waals surface area contributed by atoms with E-state index in [4.69, 9.17) is 9.47 Å². The Morgan fingerprint density at radius 3 is 2.48 bits per heavy atom. The Hall–Kier alpha value is -3.56. The summed E-state index contributed by atoms with van der Waals surface area (Å²) in [7, 11) is 2.39. The van der Waals surface area contributed by atoms with Crippen LogP contribution in [0.25, 0.3) is 0 Å². The second kappa shape index (κ2) is 7.60. The van der Waals surface area contributed by atoms with Gasteiger partial charge in [-0.3, -0.25) is 14.6 Å². The highest BCUT2D eigenvalue weighted by atomic mass is 19.1. The van der Waals surface area contributed by atoms with Crippen molar-refractivity contribution in [3.63, 3.8) is 0 Å². The van der Waals surface area contributed by atoms with Gasteiger partial charge in [-0.25, -0.2) is 0 Å². The van der Waals surface area contributed by atoms with Gasteiger partial charge in [-0.05, 0) is 36.1 Å². The van der Waals surface area contributed by atoms with Gasteiger partial charge in [0.25, 0.3) is 11.8 Å². The Bertz CT molecular complexity index is 1070. The lowest BCUT2D eigenvalue weighted by atomic mass is 9.86. The number of pyridine rings is 2. The van der Waals surface area contributed by atoms with E-state index in [2.05, 4.69) is 21.9 Å². The smallest absolute Gasteiger partial charge is 0.255 e. The normalized spacial score (nSPS) is 16.0. The average molecular weight is 430 g/mol. The number of carbonyl (C=O) groups is 2. The maximum atomic E-state index is 15.0. The highest BCUT2D eigenvalue weighted by molar-refractivity contribution is 6.05. The summed E-state index contributed by atoms with van der Waals surface area (Å²) in [6.45, 7) is 3.49. The number of aromatic nitrogens is 2. The van der Waals surface area contributed by atoms with Gasteiger partial charge in [-0.1, -0.05) is 6.58 Å². The first-order chi connectivity index (χ1) is 14.9. The molecule has 0 bridgehead atoms. The third-order valence-corrected chi connectivity index (χ3v) is 5.57. The first-order valence-electron chi connectivity index (χ1n) is 9.53. The SMILES string of the molecule is C=CC(=O)NCc1cc2c(cn1)CN(c1c(F)c(OC)nc(OC)c1F)C(=O)C21CC1. The molecule has 0 aromatic carbocycles. The number of nitrogens with one attached hydrogen (secondary N) is 1. The monoisotopic (exact) mass is 430 g/mol. The van der Waals surface area contributed by atoms with Gasteiger partial charge >= 0.3 is 0 Å². The Morgan fingerprint density at radius 2 is 1.94 bits per heavy atom. The number of amides is 2. The minimum atomic E-state index is -1.08. The molecule has 1 N–H and O–H groups in total. The molecule has 4 rings (SSSR count). The number of fused-ring (bicyclic) bond motifs is 2. The van der Waals surface area contributed by atoms with Crippen molar-refractivity contribution < 1.29 is 27.8 Å². The second-order valence-corrected chi connectivity index (χ2v) is 7.34. The first-order valence-corrected chi connectivity index (χ1v) is 9.53. The van der Waals surface area contributed by atoms with Crippen molar-refractivity contribution >= 4 is 17.5 Å². The molecule has 162 valence electrons. The summed E-state index contributed by atoms with van der Waals surface area (Å²) in [4.78, 5) is 33.8. The number of methoxy groups -OCH3 is 2. The average Bonchev–Trinajstić information content (AvgIpc) is 3.57. The zero-order valence-corrected chi connectivity index (χ0v) is 17.0. The van der Waals surface area contributed by atoms with Crippen molar-refractivity contribution in [2.75, 3.05) is 19.1 Å². The fraction of sp³-hybridized carbons (Fsp3) is 0.333.